The summed E-state index contributed by atoms with van der Waals surface area (Å²) in [4.78, 5) is 39.8. The van der Waals surface area contributed by atoms with E-state index < -0.39 is 17.4 Å². The van der Waals surface area contributed by atoms with Crippen LogP contribution in [0.2, 0.25) is 0 Å². The van der Waals surface area contributed by atoms with E-state index in [0.29, 0.717) is 12.2 Å². The molecule has 2 fully saturated rings. The quantitative estimate of drug-likeness (QED) is 0.623. The molecule has 2 N–H and O–H groups in total. The molecule has 3 aliphatic rings. The number of benzene rings is 2. The number of hydrogen-bond acceptors (Lipinski definition) is 4. The van der Waals surface area contributed by atoms with Crippen LogP contribution in [-0.4, -0.2) is 42.0 Å². The predicted octanol–water partition coefficient (Wildman–Crippen LogP) is 3.07. The minimum atomic E-state index is -0.770. The molecule has 34 heavy (non-hydrogen) atoms. The van der Waals surface area contributed by atoms with E-state index in [0.717, 1.165) is 18.5 Å². The third kappa shape index (κ3) is 4.01. The van der Waals surface area contributed by atoms with Gasteiger partial charge in [0.25, 0.3) is 0 Å². The Morgan fingerprint density at radius 3 is 2.59 bits per heavy atom. The van der Waals surface area contributed by atoms with Crippen molar-refractivity contribution >= 4 is 29.1 Å². The molecule has 7 heteroatoms. The standard InChI is InChI=1S/C27H29N3O4/c1-17(8-9-19-6-4-3-5-7-19)28-25(32)23-22-14-15-27(34-22)16-30(26(33)24(23)27)21-12-10-20(11-13-21)29-18(2)31/h3-7,10-15,17,22-24H,8-9,16H2,1-2H3,(H,28,32)(H,29,31)/t17-,22+,23-,24-,27+/m1/s1. The molecule has 2 aromatic rings. The lowest BCUT2D eigenvalue weighted by atomic mass is 9.76. The lowest BCUT2D eigenvalue weighted by Crippen LogP contribution is -2.46. The highest BCUT2D eigenvalue weighted by Crippen LogP contribution is 2.52. The van der Waals surface area contributed by atoms with Crippen molar-refractivity contribution in [2.24, 2.45) is 11.8 Å². The second kappa shape index (κ2) is 8.72. The van der Waals surface area contributed by atoms with Gasteiger partial charge in [0.1, 0.15) is 5.60 Å². The molecule has 0 radical (unpaired) electrons. The number of fused-ring (bicyclic) bond motifs is 1. The van der Waals surface area contributed by atoms with Gasteiger partial charge in [-0.2, -0.15) is 0 Å². The van der Waals surface area contributed by atoms with Gasteiger partial charge in [-0.15, -0.1) is 0 Å². The topological polar surface area (TPSA) is 87.7 Å². The van der Waals surface area contributed by atoms with Gasteiger partial charge >= 0.3 is 0 Å². The minimum absolute atomic E-state index is 0.0132. The number of ether oxygens (including phenoxy) is 1. The highest BCUT2D eigenvalue weighted by Gasteiger charge is 2.67. The van der Waals surface area contributed by atoms with E-state index in [1.807, 2.05) is 37.3 Å². The molecule has 176 valence electrons. The highest BCUT2D eigenvalue weighted by atomic mass is 16.5. The summed E-state index contributed by atoms with van der Waals surface area (Å²) < 4.78 is 6.24. The summed E-state index contributed by atoms with van der Waals surface area (Å²) in [5.41, 5.74) is 1.85. The zero-order valence-electron chi connectivity index (χ0n) is 19.4. The van der Waals surface area contributed by atoms with Gasteiger partial charge in [0.2, 0.25) is 17.7 Å². The Kier molecular flexibility index (Phi) is 5.73. The number of aryl methyl sites for hydroxylation is 1. The van der Waals surface area contributed by atoms with E-state index in [1.54, 1.807) is 29.2 Å². The lowest BCUT2D eigenvalue weighted by Gasteiger charge is -2.25. The summed E-state index contributed by atoms with van der Waals surface area (Å²) in [6.45, 7) is 3.82. The van der Waals surface area contributed by atoms with Gasteiger partial charge in [0.15, 0.2) is 0 Å². The second-order valence-electron chi connectivity index (χ2n) is 9.49. The molecule has 0 aliphatic carbocycles. The van der Waals surface area contributed by atoms with Crippen molar-refractivity contribution in [2.75, 3.05) is 16.8 Å². The fraction of sp³-hybridized carbons (Fsp3) is 0.370. The summed E-state index contributed by atoms with van der Waals surface area (Å²) in [6.07, 6.45) is 5.20. The molecule has 0 unspecified atom stereocenters. The summed E-state index contributed by atoms with van der Waals surface area (Å²) in [5.74, 6) is -1.46. The van der Waals surface area contributed by atoms with E-state index in [9.17, 15) is 14.4 Å². The van der Waals surface area contributed by atoms with Crippen LogP contribution < -0.4 is 15.5 Å². The molecule has 7 nitrogen and oxygen atoms in total. The van der Waals surface area contributed by atoms with Crippen LogP contribution in [0.5, 0.6) is 0 Å². The molecular weight excluding hydrogens is 430 g/mol. The van der Waals surface area contributed by atoms with Crippen LogP contribution in [0, 0.1) is 11.8 Å². The van der Waals surface area contributed by atoms with Crippen LogP contribution >= 0.6 is 0 Å². The maximum absolute atomic E-state index is 13.5. The number of nitrogens with one attached hydrogen (secondary N) is 2. The third-order valence-corrected chi connectivity index (χ3v) is 7.00. The molecule has 5 atom stereocenters. The van der Waals surface area contributed by atoms with Crippen LogP contribution in [0.25, 0.3) is 0 Å². The average Bonchev–Trinajstić information content (AvgIpc) is 3.47. The van der Waals surface area contributed by atoms with Gasteiger partial charge in [-0.3, -0.25) is 14.4 Å². The van der Waals surface area contributed by atoms with Gasteiger partial charge in [-0.05, 0) is 49.6 Å². The maximum atomic E-state index is 13.5. The molecule has 3 amide bonds. The Morgan fingerprint density at radius 2 is 1.88 bits per heavy atom. The maximum Gasteiger partial charge on any atom is 0.234 e. The third-order valence-electron chi connectivity index (χ3n) is 7.00. The molecule has 3 aliphatic heterocycles. The van der Waals surface area contributed by atoms with E-state index in [1.165, 1.54) is 12.5 Å². The minimum Gasteiger partial charge on any atom is -0.360 e. The Morgan fingerprint density at radius 1 is 1.15 bits per heavy atom. The molecule has 1 spiro atoms. The van der Waals surface area contributed by atoms with Gasteiger partial charge in [-0.1, -0.05) is 42.5 Å². The first-order valence-corrected chi connectivity index (χ1v) is 11.8. The van der Waals surface area contributed by atoms with Crippen molar-refractivity contribution in [3.8, 4) is 0 Å². The first-order chi connectivity index (χ1) is 16.4. The molecule has 0 aromatic heterocycles. The van der Waals surface area contributed by atoms with Crippen LogP contribution in [-0.2, 0) is 25.5 Å². The number of anilines is 2. The smallest absolute Gasteiger partial charge is 0.234 e. The summed E-state index contributed by atoms with van der Waals surface area (Å²) >= 11 is 0. The molecule has 0 saturated carbocycles. The number of amides is 3. The molecule has 3 heterocycles. The molecule has 2 aromatic carbocycles. The summed E-state index contributed by atoms with van der Waals surface area (Å²) in [7, 11) is 0. The molecule has 5 rings (SSSR count). The van der Waals surface area contributed by atoms with Crippen molar-refractivity contribution in [1.29, 1.82) is 0 Å². The lowest BCUT2D eigenvalue weighted by molar-refractivity contribution is -0.132. The van der Waals surface area contributed by atoms with E-state index in [2.05, 4.69) is 22.8 Å². The summed E-state index contributed by atoms with van der Waals surface area (Å²) in [6, 6.07) is 17.3. The Labute approximate surface area is 199 Å². The van der Waals surface area contributed by atoms with Gasteiger partial charge in [0.05, 0.1) is 24.5 Å². The molecule has 2 bridgehead atoms. The normalized spacial score (nSPS) is 27.5. The van der Waals surface area contributed by atoms with E-state index >= 15 is 0 Å². The molecule has 2 saturated heterocycles. The van der Waals surface area contributed by atoms with Crippen molar-refractivity contribution in [3.63, 3.8) is 0 Å². The Hall–Kier alpha value is -3.45. The highest BCUT2D eigenvalue weighted by molar-refractivity contribution is 6.03. The van der Waals surface area contributed by atoms with Crippen LogP contribution in [0.15, 0.2) is 66.7 Å². The number of nitrogens with zero attached hydrogens (tertiary/aromatic N) is 1. The number of carbonyl (C=O) groups is 3. The van der Waals surface area contributed by atoms with Crippen LogP contribution in [0.4, 0.5) is 11.4 Å². The van der Waals surface area contributed by atoms with Gasteiger partial charge in [-0.25, -0.2) is 0 Å². The van der Waals surface area contributed by atoms with Crippen molar-refractivity contribution in [2.45, 2.75) is 44.4 Å². The zero-order chi connectivity index (χ0) is 23.9. The van der Waals surface area contributed by atoms with Crippen LogP contribution in [0.3, 0.4) is 0 Å². The fourth-order valence-electron chi connectivity index (χ4n) is 5.38. The number of hydrogen-bond donors (Lipinski definition) is 2. The predicted molar refractivity (Wildman–Crippen MR) is 129 cm³/mol. The monoisotopic (exact) mass is 459 g/mol. The average molecular weight is 460 g/mol. The summed E-state index contributed by atoms with van der Waals surface area (Å²) in [5, 5.41) is 5.85. The largest absolute Gasteiger partial charge is 0.360 e. The Balaban J connectivity index is 1.27. The first kappa shape index (κ1) is 22.3. The van der Waals surface area contributed by atoms with E-state index in [4.69, 9.17) is 4.74 Å². The van der Waals surface area contributed by atoms with Gasteiger partial charge in [0, 0.05) is 24.3 Å². The van der Waals surface area contributed by atoms with Gasteiger partial charge < -0.3 is 20.3 Å². The van der Waals surface area contributed by atoms with Crippen molar-refractivity contribution in [1.82, 2.24) is 5.32 Å². The van der Waals surface area contributed by atoms with Crippen LogP contribution in [0.1, 0.15) is 25.8 Å². The number of carbonyl (C=O) groups excluding carboxylic acids is 3. The second-order valence-corrected chi connectivity index (χ2v) is 9.49. The fourth-order valence-corrected chi connectivity index (χ4v) is 5.38. The molecular formula is C27H29N3O4. The van der Waals surface area contributed by atoms with Crippen molar-refractivity contribution in [3.05, 3.63) is 72.3 Å². The Bertz CT molecular complexity index is 1130. The SMILES string of the molecule is CC(=O)Nc1ccc(N2C[C@]34C=C[C@H](O3)[C@@H](C(=O)N[C@H](C)CCc3ccccc3)[C@@H]4C2=O)cc1. The number of rotatable bonds is 7. The zero-order valence-corrected chi connectivity index (χ0v) is 19.4. The first-order valence-electron chi connectivity index (χ1n) is 11.8. The van der Waals surface area contributed by atoms with Crippen molar-refractivity contribution < 1.29 is 19.1 Å². The van der Waals surface area contributed by atoms with E-state index in [-0.39, 0.29) is 29.9 Å².